The molecule has 0 aliphatic rings. The van der Waals surface area contributed by atoms with Crippen molar-refractivity contribution in [1.29, 1.82) is 0 Å². The van der Waals surface area contributed by atoms with Gasteiger partial charge in [-0.3, -0.25) is 9.78 Å². The van der Waals surface area contributed by atoms with Crippen LogP contribution < -0.4 is 10.1 Å². The molecule has 0 fully saturated rings. The Labute approximate surface area is 199 Å². The third kappa shape index (κ3) is 6.61. The molecule has 9 nitrogen and oxygen atoms in total. The molecule has 1 atom stereocenters. The van der Waals surface area contributed by atoms with E-state index < -0.39 is 18.6 Å². The van der Waals surface area contributed by atoms with Gasteiger partial charge in [-0.2, -0.15) is 4.98 Å². The Hall–Kier alpha value is -3.30. The van der Waals surface area contributed by atoms with Gasteiger partial charge < -0.3 is 24.8 Å². The van der Waals surface area contributed by atoms with E-state index in [-0.39, 0.29) is 13.2 Å². The molecule has 1 unspecified atom stereocenters. The summed E-state index contributed by atoms with van der Waals surface area (Å²) in [5.41, 5.74) is 4.40. The van der Waals surface area contributed by atoms with Crippen LogP contribution in [0, 0.1) is 12.8 Å². The van der Waals surface area contributed by atoms with Crippen LogP contribution >= 0.6 is 0 Å². The minimum Gasteiger partial charge on any atom is -0.490 e. The number of amides is 1. The lowest BCUT2D eigenvalue weighted by atomic mass is 10.0. The van der Waals surface area contributed by atoms with Gasteiger partial charge in [0, 0.05) is 24.0 Å². The van der Waals surface area contributed by atoms with Crippen molar-refractivity contribution in [3.8, 4) is 28.6 Å². The topological polar surface area (TPSA) is 131 Å². The summed E-state index contributed by atoms with van der Waals surface area (Å²) in [7, 11) is 0. The van der Waals surface area contributed by atoms with Crippen molar-refractivity contribution in [2.24, 2.45) is 5.92 Å². The first-order valence-corrected chi connectivity index (χ1v) is 11.4. The molecule has 34 heavy (non-hydrogen) atoms. The maximum atomic E-state index is 11.1. The van der Waals surface area contributed by atoms with Gasteiger partial charge in [-0.05, 0) is 61.1 Å². The number of aliphatic hydroxyl groups excluding tert-OH is 2. The second kappa shape index (κ2) is 11.7. The molecule has 1 aromatic carbocycles. The Bertz CT molecular complexity index is 1100. The summed E-state index contributed by atoms with van der Waals surface area (Å²) in [5, 5.41) is 25.4. The van der Waals surface area contributed by atoms with Gasteiger partial charge in [-0.15, -0.1) is 0 Å². The van der Waals surface area contributed by atoms with Crippen LogP contribution in [0.3, 0.4) is 0 Å². The van der Waals surface area contributed by atoms with Gasteiger partial charge >= 0.3 is 0 Å². The number of hydrogen-bond donors (Lipinski definition) is 3. The summed E-state index contributed by atoms with van der Waals surface area (Å²) in [5.74, 6) is 1.54. The number of carbonyl (C=O) groups is 1. The van der Waals surface area contributed by atoms with Crippen LogP contribution in [0.15, 0.2) is 35.0 Å². The highest BCUT2D eigenvalue weighted by Gasteiger charge is 2.16. The second-order valence-electron chi connectivity index (χ2n) is 8.62. The van der Waals surface area contributed by atoms with E-state index in [0.29, 0.717) is 29.8 Å². The van der Waals surface area contributed by atoms with Crippen molar-refractivity contribution in [3.63, 3.8) is 0 Å². The van der Waals surface area contributed by atoms with Crippen LogP contribution in [-0.2, 0) is 17.6 Å². The molecule has 3 rings (SSSR count). The number of carbonyl (C=O) groups excluding carboxylic acids is 1. The molecule has 0 saturated heterocycles. The van der Waals surface area contributed by atoms with Crippen LogP contribution in [0.1, 0.15) is 37.6 Å². The molecule has 2 heterocycles. The van der Waals surface area contributed by atoms with E-state index >= 15 is 0 Å². The smallest absolute Gasteiger partial charge is 0.259 e. The molecule has 1 amide bonds. The van der Waals surface area contributed by atoms with E-state index in [9.17, 15) is 9.90 Å². The number of hydrogen-bond acceptors (Lipinski definition) is 8. The van der Waals surface area contributed by atoms with Crippen molar-refractivity contribution in [2.45, 2.75) is 46.6 Å². The van der Waals surface area contributed by atoms with Crippen LogP contribution in [0.4, 0.5) is 0 Å². The number of ether oxygens (including phenoxy) is 1. The molecule has 0 radical (unpaired) electrons. The molecule has 0 bridgehead atoms. The van der Waals surface area contributed by atoms with E-state index in [1.54, 1.807) is 6.20 Å². The maximum Gasteiger partial charge on any atom is 0.259 e. The highest BCUT2D eigenvalue weighted by Crippen LogP contribution is 2.31. The molecule has 3 aromatic rings. The standard InChI is InChI=1S/C25H32N4O5/c1-5-17-10-19(9-16(4)23(17)33-14-21(31)12-27-22(32)13-30)24-28-25(34-29-24)18-6-7-20(26-11-18)8-15(2)3/h6-7,9-11,15,21,30-31H,5,8,12-14H2,1-4H3,(H,27,32). The Balaban J connectivity index is 1.73. The van der Waals surface area contributed by atoms with Crippen molar-refractivity contribution in [1.82, 2.24) is 20.4 Å². The first-order valence-electron chi connectivity index (χ1n) is 11.4. The Morgan fingerprint density at radius 3 is 2.68 bits per heavy atom. The molecule has 9 heteroatoms. The first-order chi connectivity index (χ1) is 16.3. The third-order valence-electron chi connectivity index (χ3n) is 5.20. The number of nitrogens with one attached hydrogen (secondary N) is 1. The SMILES string of the molecule is CCc1cc(-c2noc(-c3ccc(CC(C)C)nc3)n2)cc(C)c1OCC(O)CNC(=O)CO. The van der Waals surface area contributed by atoms with E-state index in [4.69, 9.17) is 14.4 Å². The highest BCUT2D eigenvalue weighted by molar-refractivity contribution is 5.76. The number of pyridine rings is 1. The summed E-state index contributed by atoms with van der Waals surface area (Å²) in [4.78, 5) is 20.2. The van der Waals surface area contributed by atoms with E-state index in [1.165, 1.54) is 0 Å². The van der Waals surface area contributed by atoms with Gasteiger partial charge in [0.2, 0.25) is 11.7 Å². The third-order valence-corrected chi connectivity index (χ3v) is 5.20. The van der Waals surface area contributed by atoms with E-state index in [0.717, 1.165) is 34.4 Å². The zero-order valence-electron chi connectivity index (χ0n) is 20.0. The first kappa shape index (κ1) is 25.3. The van der Waals surface area contributed by atoms with Crippen LogP contribution in [0.25, 0.3) is 22.8 Å². The molecular weight excluding hydrogens is 436 g/mol. The fourth-order valence-corrected chi connectivity index (χ4v) is 3.52. The number of aromatic nitrogens is 3. The minimum absolute atomic E-state index is 0.00305. The molecule has 182 valence electrons. The predicted molar refractivity (Wildman–Crippen MR) is 127 cm³/mol. The van der Waals surface area contributed by atoms with Crippen LogP contribution in [0.5, 0.6) is 5.75 Å². The molecular formula is C25H32N4O5. The van der Waals surface area contributed by atoms with E-state index in [2.05, 4.69) is 34.3 Å². The number of benzene rings is 1. The highest BCUT2D eigenvalue weighted by atomic mass is 16.5. The monoisotopic (exact) mass is 468 g/mol. The predicted octanol–water partition coefficient (Wildman–Crippen LogP) is 2.72. The number of rotatable bonds is 11. The van der Waals surface area contributed by atoms with Crippen molar-refractivity contribution < 1.29 is 24.3 Å². The van der Waals surface area contributed by atoms with Gasteiger partial charge in [0.05, 0.1) is 5.56 Å². The zero-order chi connectivity index (χ0) is 24.7. The van der Waals surface area contributed by atoms with Crippen molar-refractivity contribution >= 4 is 5.91 Å². The molecule has 0 aliphatic carbocycles. The lowest BCUT2D eigenvalue weighted by Gasteiger charge is -2.17. The van der Waals surface area contributed by atoms with Crippen molar-refractivity contribution in [2.75, 3.05) is 19.8 Å². The van der Waals surface area contributed by atoms with Crippen LogP contribution in [-0.4, -0.2) is 57.1 Å². The average molecular weight is 469 g/mol. The quantitative estimate of drug-likeness (QED) is 0.392. The number of nitrogens with zero attached hydrogens (tertiary/aromatic N) is 3. The molecule has 2 aromatic heterocycles. The Morgan fingerprint density at radius 2 is 2.03 bits per heavy atom. The maximum absolute atomic E-state index is 11.1. The van der Waals surface area contributed by atoms with E-state index in [1.807, 2.05) is 38.1 Å². The lowest BCUT2D eigenvalue weighted by Crippen LogP contribution is -2.36. The van der Waals surface area contributed by atoms with Crippen LogP contribution in [0.2, 0.25) is 0 Å². The van der Waals surface area contributed by atoms with Gasteiger partial charge in [0.25, 0.3) is 5.89 Å². The molecule has 3 N–H and O–H groups in total. The summed E-state index contributed by atoms with van der Waals surface area (Å²) in [6.07, 6.45) is 2.47. The fourth-order valence-electron chi connectivity index (χ4n) is 3.52. The lowest BCUT2D eigenvalue weighted by molar-refractivity contribution is -0.124. The number of aliphatic hydroxyl groups is 2. The largest absolute Gasteiger partial charge is 0.490 e. The normalized spacial score (nSPS) is 12.1. The van der Waals surface area contributed by atoms with Gasteiger partial charge in [0.1, 0.15) is 25.1 Å². The summed E-state index contributed by atoms with van der Waals surface area (Å²) >= 11 is 0. The van der Waals surface area contributed by atoms with Gasteiger partial charge in [0.15, 0.2) is 0 Å². The van der Waals surface area contributed by atoms with Gasteiger partial charge in [-0.25, -0.2) is 0 Å². The summed E-state index contributed by atoms with van der Waals surface area (Å²) < 4.78 is 11.3. The Morgan fingerprint density at radius 1 is 1.24 bits per heavy atom. The minimum atomic E-state index is -0.903. The fraction of sp³-hybridized carbons (Fsp3) is 0.440. The molecule has 0 saturated carbocycles. The second-order valence-corrected chi connectivity index (χ2v) is 8.62. The summed E-state index contributed by atoms with van der Waals surface area (Å²) in [6.45, 7) is 7.62. The molecule has 0 aliphatic heterocycles. The van der Waals surface area contributed by atoms with Gasteiger partial charge in [-0.1, -0.05) is 25.9 Å². The number of aryl methyl sites for hydroxylation is 2. The zero-order valence-corrected chi connectivity index (χ0v) is 20.0. The molecule has 0 spiro atoms. The Kier molecular flexibility index (Phi) is 8.72. The van der Waals surface area contributed by atoms with Crippen molar-refractivity contribution in [3.05, 3.63) is 47.3 Å². The summed E-state index contributed by atoms with van der Waals surface area (Å²) in [6, 6.07) is 7.78. The average Bonchev–Trinajstić information content (AvgIpc) is 3.31.